The summed E-state index contributed by atoms with van der Waals surface area (Å²) in [6.07, 6.45) is 6.72. The van der Waals surface area contributed by atoms with Crippen LogP contribution in [-0.4, -0.2) is 51.6 Å². The molecule has 2 aromatic rings. The lowest BCUT2D eigenvalue weighted by molar-refractivity contribution is -0.121. The van der Waals surface area contributed by atoms with Crippen molar-refractivity contribution in [3.05, 3.63) is 36.7 Å². The molecule has 3 aliphatic heterocycles. The van der Waals surface area contributed by atoms with Gasteiger partial charge in [-0.1, -0.05) is 0 Å². The van der Waals surface area contributed by atoms with Crippen LogP contribution in [0.1, 0.15) is 44.6 Å². The number of rotatable bonds is 4. The molecule has 3 aliphatic rings. The van der Waals surface area contributed by atoms with Gasteiger partial charge in [-0.15, -0.1) is 0 Å². The summed E-state index contributed by atoms with van der Waals surface area (Å²) in [6.45, 7) is 0. The number of aromatic nitrogens is 3. The van der Waals surface area contributed by atoms with Gasteiger partial charge in [0.25, 0.3) is 0 Å². The molecule has 0 saturated carbocycles. The van der Waals surface area contributed by atoms with Crippen molar-refractivity contribution in [2.75, 3.05) is 4.90 Å². The summed E-state index contributed by atoms with van der Waals surface area (Å²) in [5.41, 5.74) is 0.419. The molecule has 3 saturated heterocycles. The monoisotopic (exact) mass is 415 g/mol. The van der Waals surface area contributed by atoms with Crippen LogP contribution in [0.3, 0.4) is 0 Å². The first kappa shape index (κ1) is 18.4. The van der Waals surface area contributed by atoms with Crippen LogP contribution in [-0.2, 0) is 19.6 Å². The summed E-state index contributed by atoms with van der Waals surface area (Å²) in [7, 11) is -3.66. The highest BCUT2D eigenvalue weighted by Gasteiger charge is 2.48. The lowest BCUT2D eigenvalue weighted by Gasteiger charge is -2.37. The third-order valence-corrected chi connectivity index (χ3v) is 8.15. The minimum absolute atomic E-state index is 0.0730. The van der Waals surface area contributed by atoms with Gasteiger partial charge >= 0.3 is 0 Å². The number of imide groups is 1. The van der Waals surface area contributed by atoms with Gasteiger partial charge < -0.3 is 0 Å². The Kier molecular flexibility index (Phi) is 4.28. The molecule has 2 unspecified atom stereocenters. The summed E-state index contributed by atoms with van der Waals surface area (Å²) < 4.78 is 28.3. The summed E-state index contributed by atoms with van der Waals surface area (Å²) in [4.78, 5) is 26.8. The fraction of sp³-hybridized carbons (Fsp3) is 0.474. The maximum Gasteiger partial charge on any atom is 0.243 e. The maximum atomic E-state index is 13.3. The quantitative estimate of drug-likeness (QED) is 0.701. The molecule has 3 fully saturated rings. The maximum absolute atomic E-state index is 13.3. The van der Waals surface area contributed by atoms with E-state index in [1.807, 2.05) is 0 Å². The zero-order valence-corrected chi connectivity index (χ0v) is 16.5. The molecule has 1 aromatic heterocycles. The predicted molar refractivity (Wildman–Crippen MR) is 102 cm³/mol. The van der Waals surface area contributed by atoms with Crippen LogP contribution < -0.4 is 4.90 Å². The number of hydrogen-bond acceptors (Lipinski definition) is 6. The van der Waals surface area contributed by atoms with Crippen molar-refractivity contribution in [1.29, 1.82) is 0 Å². The van der Waals surface area contributed by atoms with Gasteiger partial charge in [-0.3, -0.25) is 14.5 Å². The van der Waals surface area contributed by atoms with Crippen LogP contribution in [0.15, 0.2) is 41.6 Å². The molecule has 9 nitrogen and oxygen atoms in total. The van der Waals surface area contributed by atoms with E-state index in [1.54, 1.807) is 21.5 Å². The van der Waals surface area contributed by atoms with E-state index in [2.05, 4.69) is 10.2 Å². The molecule has 0 N–H and O–H groups in total. The molecule has 4 heterocycles. The van der Waals surface area contributed by atoms with E-state index in [-0.39, 0.29) is 47.7 Å². The average Bonchev–Trinajstić information content (AvgIpc) is 3.42. The number of carbonyl (C=O) groups excluding carboxylic acids is 2. The first-order chi connectivity index (χ1) is 13.9. The van der Waals surface area contributed by atoms with Gasteiger partial charge in [0.05, 0.1) is 29.0 Å². The second-order valence-electron chi connectivity index (χ2n) is 7.81. The number of benzene rings is 1. The SMILES string of the molecule is O=C1CCC(=O)N1c1ccc(S(=O)(=O)N2C3CCC2CC(n2nccn2)C3)cc1. The average molecular weight is 415 g/mol. The molecule has 1 aromatic carbocycles. The first-order valence-electron chi connectivity index (χ1n) is 9.80. The third-order valence-electron chi connectivity index (χ3n) is 6.13. The summed E-state index contributed by atoms with van der Waals surface area (Å²) in [5, 5.41) is 8.44. The Bertz CT molecular complexity index is 1020. The number of amides is 2. The largest absolute Gasteiger partial charge is 0.274 e. The Labute approximate surface area is 168 Å². The fourth-order valence-electron chi connectivity index (χ4n) is 4.85. The zero-order valence-electron chi connectivity index (χ0n) is 15.7. The minimum atomic E-state index is -3.66. The van der Waals surface area contributed by atoms with Crippen molar-refractivity contribution >= 4 is 27.5 Å². The summed E-state index contributed by atoms with van der Waals surface area (Å²) in [6, 6.07) is 6.02. The molecule has 2 atom stereocenters. The van der Waals surface area contributed by atoms with Gasteiger partial charge in [-0.25, -0.2) is 8.42 Å². The van der Waals surface area contributed by atoms with Gasteiger partial charge in [0.15, 0.2) is 0 Å². The number of fused-ring (bicyclic) bond motifs is 2. The molecular formula is C19H21N5O4S. The van der Waals surface area contributed by atoms with Crippen LogP contribution in [0.4, 0.5) is 5.69 Å². The van der Waals surface area contributed by atoms with E-state index in [0.717, 1.165) is 17.7 Å². The second-order valence-corrected chi connectivity index (χ2v) is 9.65. The van der Waals surface area contributed by atoms with Crippen molar-refractivity contribution in [2.24, 2.45) is 0 Å². The van der Waals surface area contributed by atoms with Gasteiger partial charge in [0, 0.05) is 24.9 Å². The van der Waals surface area contributed by atoms with E-state index >= 15 is 0 Å². The van der Waals surface area contributed by atoms with Crippen LogP contribution >= 0.6 is 0 Å². The number of sulfonamides is 1. The number of hydrogen-bond donors (Lipinski definition) is 0. The Morgan fingerprint density at radius 1 is 0.828 bits per heavy atom. The molecular weight excluding hydrogens is 394 g/mol. The number of piperidine rings is 1. The van der Waals surface area contributed by atoms with Gasteiger partial charge in [-0.2, -0.15) is 19.3 Å². The van der Waals surface area contributed by atoms with Crippen LogP contribution in [0.25, 0.3) is 0 Å². The Morgan fingerprint density at radius 3 is 1.93 bits per heavy atom. The molecule has 2 amide bonds. The predicted octanol–water partition coefficient (Wildman–Crippen LogP) is 1.49. The molecule has 0 radical (unpaired) electrons. The van der Waals surface area contributed by atoms with Gasteiger partial charge in [-0.05, 0) is 49.9 Å². The minimum Gasteiger partial charge on any atom is -0.274 e. The first-order valence-corrected chi connectivity index (χ1v) is 11.2. The van der Waals surface area contributed by atoms with Crippen molar-refractivity contribution in [3.63, 3.8) is 0 Å². The number of nitrogens with zero attached hydrogens (tertiary/aromatic N) is 5. The molecule has 29 heavy (non-hydrogen) atoms. The smallest absolute Gasteiger partial charge is 0.243 e. The highest BCUT2D eigenvalue weighted by molar-refractivity contribution is 7.89. The Morgan fingerprint density at radius 2 is 1.38 bits per heavy atom. The van der Waals surface area contributed by atoms with Crippen LogP contribution in [0.2, 0.25) is 0 Å². The van der Waals surface area contributed by atoms with Crippen molar-refractivity contribution in [3.8, 4) is 0 Å². The number of anilines is 1. The van der Waals surface area contributed by atoms with Crippen molar-refractivity contribution < 1.29 is 18.0 Å². The normalized spacial score (nSPS) is 27.7. The number of carbonyl (C=O) groups is 2. The van der Waals surface area contributed by atoms with Crippen molar-refractivity contribution in [2.45, 2.75) is 61.5 Å². The van der Waals surface area contributed by atoms with Crippen molar-refractivity contribution in [1.82, 2.24) is 19.3 Å². The molecule has 2 bridgehead atoms. The van der Waals surface area contributed by atoms with E-state index in [1.165, 1.54) is 24.3 Å². The Balaban J connectivity index is 1.39. The van der Waals surface area contributed by atoms with Gasteiger partial charge in [0.2, 0.25) is 21.8 Å². The molecule has 5 rings (SSSR count). The standard InChI is InChI=1S/C19H21N5O4S/c25-18-7-8-19(26)22(18)13-3-5-17(6-4-13)29(27,28)23-14-1-2-15(23)12-16(11-14)24-20-9-10-21-24/h3-6,9-10,14-16H,1-2,7-8,11-12H2. The molecule has 152 valence electrons. The molecule has 0 spiro atoms. The van der Waals surface area contributed by atoms with E-state index < -0.39 is 10.0 Å². The van der Waals surface area contributed by atoms with E-state index in [0.29, 0.717) is 18.5 Å². The van der Waals surface area contributed by atoms with Crippen LogP contribution in [0.5, 0.6) is 0 Å². The second kappa shape index (κ2) is 6.74. The lowest BCUT2D eigenvalue weighted by Crippen LogP contribution is -2.47. The molecule has 10 heteroatoms. The van der Waals surface area contributed by atoms with Gasteiger partial charge in [0.1, 0.15) is 0 Å². The Hall–Kier alpha value is -2.59. The van der Waals surface area contributed by atoms with E-state index in [9.17, 15) is 18.0 Å². The highest BCUT2D eigenvalue weighted by atomic mass is 32.2. The third kappa shape index (κ3) is 2.98. The summed E-state index contributed by atoms with van der Waals surface area (Å²) in [5.74, 6) is -0.504. The zero-order chi connectivity index (χ0) is 20.2. The topological polar surface area (TPSA) is 105 Å². The summed E-state index contributed by atoms with van der Waals surface area (Å²) >= 11 is 0. The highest BCUT2D eigenvalue weighted by Crippen LogP contribution is 2.43. The lowest BCUT2D eigenvalue weighted by atomic mass is 10.0. The molecule has 0 aliphatic carbocycles. The van der Waals surface area contributed by atoms with E-state index in [4.69, 9.17) is 0 Å². The fourth-order valence-corrected chi connectivity index (χ4v) is 6.75. The van der Waals surface area contributed by atoms with Crippen LogP contribution in [0, 0.1) is 0 Å².